The number of hydrogen-bond donors (Lipinski definition) is 1. The van der Waals surface area contributed by atoms with Crippen LogP contribution in [-0.4, -0.2) is 34.6 Å². The zero-order valence-electron chi connectivity index (χ0n) is 9.13. The molecule has 0 spiro atoms. The van der Waals surface area contributed by atoms with E-state index < -0.39 is 4.92 Å². The molecule has 1 heterocycles. The van der Waals surface area contributed by atoms with Crippen molar-refractivity contribution in [3.8, 4) is 0 Å². The van der Waals surface area contributed by atoms with Gasteiger partial charge in [0.2, 0.25) is 0 Å². The second-order valence-electron chi connectivity index (χ2n) is 3.86. The highest BCUT2D eigenvalue weighted by molar-refractivity contribution is 7.80. The Morgan fingerprint density at radius 3 is 2.88 bits per heavy atom. The average molecular weight is 252 g/mol. The quantitative estimate of drug-likeness (QED) is 0.504. The molecule has 1 aromatic carbocycles. The Kier molecular flexibility index (Phi) is 3.33. The minimum Gasteiger partial charge on any atom is -0.337 e. The summed E-state index contributed by atoms with van der Waals surface area (Å²) in [4.78, 5) is 23.9. The van der Waals surface area contributed by atoms with Crippen molar-refractivity contribution >= 4 is 24.2 Å². The van der Waals surface area contributed by atoms with Crippen molar-refractivity contribution in [2.75, 3.05) is 18.8 Å². The van der Waals surface area contributed by atoms with E-state index in [9.17, 15) is 14.9 Å². The van der Waals surface area contributed by atoms with Crippen molar-refractivity contribution in [3.63, 3.8) is 0 Å². The van der Waals surface area contributed by atoms with E-state index in [2.05, 4.69) is 12.6 Å². The fraction of sp³-hybridized carbons (Fsp3) is 0.364. The van der Waals surface area contributed by atoms with Crippen molar-refractivity contribution in [1.29, 1.82) is 0 Å². The maximum atomic E-state index is 12.1. The van der Waals surface area contributed by atoms with Gasteiger partial charge in [0.25, 0.3) is 11.6 Å². The maximum Gasteiger partial charge on any atom is 0.270 e. The number of carbonyl (C=O) groups is 1. The summed E-state index contributed by atoms with van der Waals surface area (Å²) in [5.74, 6) is 0.458. The van der Waals surface area contributed by atoms with Crippen LogP contribution in [0.15, 0.2) is 18.2 Å². The first-order valence-corrected chi connectivity index (χ1v) is 5.94. The number of fused-ring (bicyclic) bond motifs is 1. The maximum absolute atomic E-state index is 12.1. The molecule has 17 heavy (non-hydrogen) atoms. The fourth-order valence-electron chi connectivity index (χ4n) is 1.96. The highest BCUT2D eigenvalue weighted by atomic mass is 32.1. The molecular formula is C11H12N2O3S. The Hall–Kier alpha value is -1.56. The molecule has 1 aliphatic rings. The van der Waals surface area contributed by atoms with Crippen LogP contribution in [0.25, 0.3) is 0 Å². The molecule has 0 N–H and O–H groups in total. The number of rotatable bonds is 3. The number of nitro groups is 1. The van der Waals surface area contributed by atoms with Gasteiger partial charge in [-0.1, -0.05) is 6.07 Å². The van der Waals surface area contributed by atoms with Gasteiger partial charge in [0.05, 0.1) is 4.92 Å². The molecule has 5 nitrogen and oxygen atoms in total. The number of carbonyl (C=O) groups excluding carboxylic acids is 1. The lowest BCUT2D eigenvalue weighted by molar-refractivity contribution is -0.384. The van der Waals surface area contributed by atoms with Crippen LogP contribution in [0, 0.1) is 10.1 Å². The molecule has 0 fully saturated rings. The monoisotopic (exact) mass is 252 g/mol. The number of nitrogens with zero attached hydrogens (tertiary/aromatic N) is 2. The average Bonchev–Trinajstić information content (AvgIpc) is 2.32. The lowest BCUT2D eigenvalue weighted by atomic mass is 9.98. The van der Waals surface area contributed by atoms with Gasteiger partial charge in [-0.05, 0) is 12.0 Å². The van der Waals surface area contributed by atoms with E-state index in [1.807, 2.05) is 0 Å². The van der Waals surface area contributed by atoms with Crippen LogP contribution in [0.5, 0.6) is 0 Å². The van der Waals surface area contributed by atoms with E-state index in [0.717, 1.165) is 12.0 Å². The summed E-state index contributed by atoms with van der Waals surface area (Å²) in [6.45, 7) is 1.23. The largest absolute Gasteiger partial charge is 0.337 e. The Morgan fingerprint density at radius 1 is 1.47 bits per heavy atom. The third kappa shape index (κ3) is 2.26. The Balaban J connectivity index is 2.36. The normalized spacial score (nSPS) is 14.6. The van der Waals surface area contributed by atoms with Gasteiger partial charge in [-0.2, -0.15) is 12.6 Å². The van der Waals surface area contributed by atoms with Gasteiger partial charge in [0.1, 0.15) is 0 Å². The third-order valence-corrected chi connectivity index (χ3v) is 3.04. The predicted molar refractivity (Wildman–Crippen MR) is 66.6 cm³/mol. The number of nitro benzene ring substituents is 1. The van der Waals surface area contributed by atoms with E-state index in [1.165, 1.54) is 12.1 Å². The lowest BCUT2D eigenvalue weighted by Gasteiger charge is -2.27. The summed E-state index contributed by atoms with van der Waals surface area (Å²) in [6, 6.07) is 4.48. The first-order chi connectivity index (χ1) is 8.13. The third-order valence-electron chi connectivity index (χ3n) is 2.84. The number of hydrogen-bond acceptors (Lipinski definition) is 4. The Labute approximate surface area is 104 Å². The topological polar surface area (TPSA) is 63.4 Å². The van der Waals surface area contributed by atoms with Crippen LogP contribution >= 0.6 is 12.6 Å². The molecule has 0 unspecified atom stereocenters. The summed E-state index contributed by atoms with van der Waals surface area (Å²) in [6.07, 6.45) is 0.743. The lowest BCUT2D eigenvalue weighted by Crippen LogP contribution is -2.38. The SMILES string of the molecule is O=C1c2cc([N+](=O)[O-])ccc2CCN1CCS. The predicted octanol–water partition coefficient (Wildman–Crippen LogP) is 1.52. The summed E-state index contributed by atoms with van der Waals surface area (Å²) in [5, 5.41) is 10.7. The van der Waals surface area contributed by atoms with Gasteiger partial charge >= 0.3 is 0 Å². The van der Waals surface area contributed by atoms with E-state index >= 15 is 0 Å². The number of thiol groups is 1. The van der Waals surface area contributed by atoms with Crippen LogP contribution in [0.3, 0.4) is 0 Å². The molecule has 90 valence electrons. The number of non-ortho nitro benzene ring substituents is 1. The van der Waals surface area contributed by atoms with Crippen LogP contribution in [-0.2, 0) is 6.42 Å². The van der Waals surface area contributed by atoms with Crippen molar-refractivity contribution in [1.82, 2.24) is 4.90 Å². The van der Waals surface area contributed by atoms with E-state index in [-0.39, 0.29) is 11.6 Å². The Bertz CT molecular complexity index is 476. The molecule has 0 aromatic heterocycles. The minimum absolute atomic E-state index is 0.0372. The molecule has 0 saturated heterocycles. The van der Waals surface area contributed by atoms with Crippen LogP contribution in [0.1, 0.15) is 15.9 Å². The van der Waals surface area contributed by atoms with Crippen LogP contribution in [0.2, 0.25) is 0 Å². The summed E-state index contributed by atoms with van der Waals surface area (Å²) >= 11 is 4.09. The number of amides is 1. The molecule has 0 atom stereocenters. The van der Waals surface area contributed by atoms with Gasteiger partial charge in [0.15, 0.2) is 0 Å². The second-order valence-corrected chi connectivity index (χ2v) is 4.31. The van der Waals surface area contributed by atoms with Gasteiger partial charge in [0, 0.05) is 36.5 Å². The molecule has 0 aliphatic carbocycles. The molecule has 0 bridgehead atoms. The molecule has 1 aliphatic heterocycles. The van der Waals surface area contributed by atoms with Crippen molar-refractivity contribution in [2.45, 2.75) is 6.42 Å². The molecule has 0 radical (unpaired) electrons. The summed E-state index contributed by atoms with van der Waals surface area (Å²) in [5.41, 5.74) is 1.30. The molecular weight excluding hydrogens is 240 g/mol. The van der Waals surface area contributed by atoms with Gasteiger partial charge in [-0.25, -0.2) is 0 Å². The second kappa shape index (κ2) is 4.75. The van der Waals surface area contributed by atoms with Crippen molar-refractivity contribution in [2.24, 2.45) is 0 Å². The standard InChI is InChI=1S/C11H12N2O3S/c14-11-10-7-9(13(15)16)2-1-8(10)3-4-12(11)5-6-17/h1-2,7,17H,3-6H2. The van der Waals surface area contributed by atoms with E-state index in [1.54, 1.807) is 11.0 Å². The first-order valence-electron chi connectivity index (χ1n) is 5.31. The first kappa shape index (κ1) is 11.9. The van der Waals surface area contributed by atoms with E-state index in [4.69, 9.17) is 0 Å². The van der Waals surface area contributed by atoms with Gasteiger partial charge < -0.3 is 4.90 Å². The molecule has 6 heteroatoms. The molecule has 1 aromatic rings. The summed E-state index contributed by atoms with van der Waals surface area (Å²) in [7, 11) is 0. The van der Waals surface area contributed by atoms with Crippen molar-refractivity contribution < 1.29 is 9.72 Å². The Morgan fingerprint density at radius 2 is 2.24 bits per heavy atom. The fourth-order valence-corrected chi connectivity index (χ4v) is 2.20. The van der Waals surface area contributed by atoms with Crippen LogP contribution < -0.4 is 0 Å². The number of benzene rings is 1. The highest BCUT2D eigenvalue weighted by Crippen LogP contribution is 2.23. The summed E-state index contributed by atoms with van der Waals surface area (Å²) < 4.78 is 0. The molecule has 0 saturated carbocycles. The smallest absolute Gasteiger partial charge is 0.270 e. The van der Waals surface area contributed by atoms with Gasteiger partial charge in [-0.15, -0.1) is 0 Å². The minimum atomic E-state index is -0.481. The highest BCUT2D eigenvalue weighted by Gasteiger charge is 2.25. The zero-order valence-corrected chi connectivity index (χ0v) is 10.0. The van der Waals surface area contributed by atoms with Gasteiger partial charge in [-0.3, -0.25) is 14.9 Å². The van der Waals surface area contributed by atoms with Crippen LogP contribution in [0.4, 0.5) is 5.69 Å². The molecule has 1 amide bonds. The van der Waals surface area contributed by atoms with Crippen molar-refractivity contribution in [3.05, 3.63) is 39.4 Å². The molecule has 2 rings (SSSR count). The van der Waals surface area contributed by atoms with E-state index in [0.29, 0.717) is 24.4 Å². The zero-order chi connectivity index (χ0) is 12.4.